The number of nitriles is 1. The fraction of sp³-hybridized carbons (Fsp3) is 0.0714. The molecule has 2 aromatic rings. The maximum Gasteiger partial charge on any atom is 0.146 e. The number of rotatable bonds is 1. The van der Waals surface area contributed by atoms with Gasteiger partial charge in [0.15, 0.2) is 0 Å². The van der Waals surface area contributed by atoms with E-state index in [0.717, 1.165) is 0 Å². The predicted molar refractivity (Wildman–Crippen MR) is 67.4 cm³/mol. The molecule has 0 saturated heterocycles. The molecule has 0 amide bonds. The second-order valence-corrected chi connectivity index (χ2v) is 3.91. The molecule has 2 N–H and O–H groups in total. The van der Waals surface area contributed by atoms with Crippen molar-refractivity contribution in [2.75, 3.05) is 0 Å². The van der Waals surface area contributed by atoms with Gasteiger partial charge in [-0.3, -0.25) is 0 Å². The zero-order valence-electron chi connectivity index (χ0n) is 11.1. The van der Waals surface area contributed by atoms with Crippen molar-refractivity contribution in [3.05, 3.63) is 70.3 Å². The Morgan fingerprint density at radius 3 is 1.48 bits per heavy atom. The topological polar surface area (TPSA) is 49.8 Å². The normalized spacial score (nSPS) is 9.30. The average molecular weight is 379 g/mol. The average Bonchev–Trinajstić information content (AvgIpc) is 2.38. The Balaban J connectivity index is 0. The van der Waals surface area contributed by atoms with Crippen LogP contribution in [0.3, 0.4) is 0 Å². The molecule has 0 atom stereocenters. The molecule has 0 unspecified atom stereocenters. The Bertz CT molecular complexity index is 690. The zero-order valence-corrected chi connectivity index (χ0v) is 12.1. The van der Waals surface area contributed by atoms with Crippen molar-refractivity contribution in [3.63, 3.8) is 0 Å². The largest absolute Gasteiger partial charge is 0.326 e. The first kappa shape index (κ1) is 21.0. The van der Waals surface area contributed by atoms with Gasteiger partial charge in [-0.25, -0.2) is 26.3 Å². The Morgan fingerprint density at radius 2 is 1.17 bits per heavy atom. The second-order valence-electron chi connectivity index (χ2n) is 3.91. The summed E-state index contributed by atoms with van der Waals surface area (Å²) in [7, 11) is 0. The Morgan fingerprint density at radius 1 is 0.826 bits per heavy atom. The van der Waals surface area contributed by atoms with Gasteiger partial charge >= 0.3 is 0 Å². The van der Waals surface area contributed by atoms with Gasteiger partial charge in [0.2, 0.25) is 0 Å². The number of nitrogens with two attached hydrogens (primary N) is 1. The Labute approximate surface area is 138 Å². The summed E-state index contributed by atoms with van der Waals surface area (Å²) in [5.74, 6) is -6.19. The molecule has 0 radical (unpaired) electrons. The summed E-state index contributed by atoms with van der Waals surface area (Å²) in [4.78, 5) is 0. The van der Waals surface area contributed by atoms with Crippen LogP contribution in [0.2, 0.25) is 0 Å². The molecule has 0 bridgehead atoms. The third-order valence-electron chi connectivity index (χ3n) is 2.43. The van der Waals surface area contributed by atoms with Crippen LogP contribution in [-0.4, -0.2) is 0 Å². The fourth-order valence-corrected chi connectivity index (χ4v) is 1.42. The van der Waals surface area contributed by atoms with Gasteiger partial charge in [-0.1, -0.05) is 0 Å². The van der Waals surface area contributed by atoms with Gasteiger partial charge in [0.25, 0.3) is 0 Å². The van der Waals surface area contributed by atoms with Crippen LogP contribution in [0.5, 0.6) is 0 Å². The summed E-state index contributed by atoms with van der Waals surface area (Å²) in [6, 6.07) is 3.40. The predicted octanol–water partition coefficient (Wildman–Crippen LogP) is 3.78. The van der Waals surface area contributed by atoms with Gasteiger partial charge < -0.3 is 5.73 Å². The van der Waals surface area contributed by atoms with E-state index in [2.05, 4.69) is 0 Å². The second kappa shape index (κ2) is 9.18. The quantitative estimate of drug-likeness (QED) is 0.606. The van der Waals surface area contributed by atoms with Crippen LogP contribution < -0.4 is 5.73 Å². The van der Waals surface area contributed by atoms with Crippen molar-refractivity contribution in [1.82, 2.24) is 0 Å². The summed E-state index contributed by atoms with van der Waals surface area (Å²) < 4.78 is 74.3. The van der Waals surface area contributed by atoms with E-state index < -0.39 is 40.5 Å². The van der Waals surface area contributed by atoms with Gasteiger partial charge in [-0.15, -0.1) is 0 Å². The molecule has 0 aliphatic heterocycles. The molecule has 0 aromatic heterocycles. The van der Waals surface area contributed by atoms with E-state index in [9.17, 15) is 26.3 Å². The van der Waals surface area contributed by atoms with Crippen LogP contribution in [0.1, 0.15) is 12.6 Å². The molecule has 2 nitrogen and oxygen atoms in total. The SMILES string of the molecule is N#Cc1c(F)cc(F)cc1F.NCc1c(F)cc(F)cc1F.[HH].[Ni]. The van der Waals surface area contributed by atoms with Crippen LogP contribution in [-0.2, 0) is 23.0 Å². The molecule has 2 rings (SSSR count). The summed E-state index contributed by atoms with van der Waals surface area (Å²) in [6.07, 6.45) is 0. The summed E-state index contributed by atoms with van der Waals surface area (Å²) in [5, 5.41) is 8.14. The number of nitrogens with zero attached hydrogens (tertiary/aromatic N) is 1. The first-order valence-corrected chi connectivity index (χ1v) is 5.68. The van der Waals surface area contributed by atoms with Gasteiger partial charge in [0.1, 0.15) is 46.5 Å². The first-order valence-electron chi connectivity index (χ1n) is 5.68. The molecule has 0 saturated carbocycles. The number of benzene rings is 2. The molecular formula is C14H10F6N2Ni. The van der Waals surface area contributed by atoms with E-state index in [0.29, 0.717) is 24.3 Å². The number of hydrogen-bond acceptors (Lipinski definition) is 2. The van der Waals surface area contributed by atoms with Crippen LogP contribution in [0.25, 0.3) is 0 Å². The molecule has 0 aliphatic carbocycles. The molecule has 23 heavy (non-hydrogen) atoms. The molecule has 9 heteroatoms. The monoisotopic (exact) mass is 378 g/mol. The minimum absolute atomic E-state index is 0. The number of hydrogen-bond donors (Lipinski definition) is 1. The van der Waals surface area contributed by atoms with Crippen LogP contribution in [0, 0.1) is 46.2 Å². The third-order valence-corrected chi connectivity index (χ3v) is 2.43. The van der Waals surface area contributed by atoms with Crippen molar-refractivity contribution in [3.8, 4) is 6.07 Å². The van der Waals surface area contributed by atoms with E-state index in [1.54, 1.807) is 0 Å². The third kappa shape index (κ3) is 5.58. The van der Waals surface area contributed by atoms with Crippen LogP contribution in [0.4, 0.5) is 26.3 Å². The van der Waals surface area contributed by atoms with E-state index in [-0.39, 0.29) is 30.0 Å². The van der Waals surface area contributed by atoms with E-state index in [1.807, 2.05) is 0 Å². The molecule has 0 heterocycles. The smallest absolute Gasteiger partial charge is 0.146 e. The van der Waals surface area contributed by atoms with E-state index >= 15 is 0 Å². The summed E-state index contributed by atoms with van der Waals surface area (Å²) in [6.45, 7) is -0.266. The van der Waals surface area contributed by atoms with Crippen molar-refractivity contribution >= 4 is 0 Å². The summed E-state index contributed by atoms with van der Waals surface area (Å²) in [5.41, 5.74) is 3.96. The minimum Gasteiger partial charge on any atom is -0.326 e. The molecule has 128 valence electrons. The van der Waals surface area contributed by atoms with Gasteiger partial charge in [-0.05, 0) is 0 Å². The van der Waals surface area contributed by atoms with Crippen molar-refractivity contribution < 1.29 is 44.3 Å². The maximum atomic E-state index is 12.6. The van der Waals surface area contributed by atoms with Gasteiger partial charge in [-0.2, -0.15) is 5.26 Å². The molecule has 0 spiro atoms. The Hall–Kier alpha value is -2.04. The minimum atomic E-state index is -1.18. The summed E-state index contributed by atoms with van der Waals surface area (Å²) >= 11 is 0. The van der Waals surface area contributed by atoms with Crippen LogP contribution >= 0.6 is 0 Å². The van der Waals surface area contributed by atoms with Crippen molar-refractivity contribution in [2.24, 2.45) is 5.73 Å². The molecular weight excluding hydrogens is 369 g/mol. The standard InChI is InChI=1S/C7H6F3N.C7H2F3N.Ni.H2/c2*8-4-1-6(9)5(3-11)7(10)2-4;;/h1-2H,3,11H2;1-2H;;1H. The fourth-order valence-electron chi connectivity index (χ4n) is 1.42. The van der Waals surface area contributed by atoms with Crippen LogP contribution in [0.15, 0.2) is 24.3 Å². The molecule has 0 aliphatic rings. The maximum absolute atomic E-state index is 12.6. The molecule has 2 aromatic carbocycles. The molecule has 0 fully saturated rings. The first-order chi connectivity index (χ1) is 10.3. The number of halogens is 6. The Kier molecular flexibility index (Phi) is 8.37. The van der Waals surface area contributed by atoms with Gasteiger partial charge in [0, 0.05) is 54.3 Å². The zero-order chi connectivity index (χ0) is 16.9. The van der Waals surface area contributed by atoms with Crippen molar-refractivity contribution in [2.45, 2.75) is 6.54 Å². The van der Waals surface area contributed by atoms with E-state index in [1.165, 1.54) is 6.07 Å². The van der Waals surface area contributed by atoms with Gasteiger partial charge in [0.05, 0.1) is 0 Å². The van der Waals surface area contributed by atoms with Crippen molar-refractivity contribution in [1.29, 1.82) is 5.26 Å². The van der Waals surface area contributed by atoms with E-state index in [4.69, 9.17) is 11.0 Å².